The van der Waals surface area contributed by atoms with Crippen molar-refractivity contribution >= 4 is 15.9 Å². The summed E-state index contributed by atoms with van der Waals surface area (Å²) < 4.78 is 8.14. The van der Waals surface area contributed by atoms with Crippen LogP contribution < -0.4 is 5.32 Å². The van der Waals surface area contributed by atoms with Gasteiger partial charge in [0.05, 0.1) is 22.5 Å². The summed E-state index contributed by atoms with van der Waals surface area (Å²) in [5.74, 6) is 0. The van der Waals surface area contributed by atoms with Crippen molar-refractivity contribution in [1.29, 1.82) is 0 Å². The molecule has 1 aromatic heterocycles. The molecule has 18 heavy (non-hydrogen) atoms. The van der Waals surface area contributed by atoms with Crippen LogP contribution in [0.1, 0.15) is 25.2 Å². The van der Waals surface area contributed by atoms with E-state index >= 15 is 0 Å². The van der Waals surface area contributed by atoms with E-state index in [1.54, 1.807) is 7.11 Å². The number of aryl methyl sites for hydroxylation is 2. The lowest BCUT2D eigenvalue weighted by Crippen LogP contribution is -2.33. The van der Waals surface area contributed by atoms with E-state index in [-0.39, 0.29) is 5.41 Å². The first-order valence-electron chi connectivity index (χ1n) is 6.25. The first kappa shape index (κ1) is 15.7. The molecule has 0 amide bonds. The van der Waals surface area contributed by atoms with E-state index in [4.69, 9.17) is 4.74 Å². The number of nitrogens with one attached hydrogen (secondary N) is 1. The summed E-state index contributed by atoms with van der Waals surface area (Å²) in [5.41, 5.74) is 2.50. The zero-order valence-electron chi connectivity index (χ0n) is 12.0. The van der Waals surface area contributed by atoms with Crippen molar-refractivity contribution in [3.05, 3.63) is 15.9 Å². The first-order chi connectivity index (χ1) is 8.37. The molecule has 0 aliphatic heterocycles. The maximum absolute atomic E-state index is 5.03. The molecule has 1 rings (SSSR count). The third kappa shape index (κ3) is 4.37. The van der Waals surface area contributed by atoms with Gasteiger partial charge in [0.25, 0.3) is 0 Å². The predicted octanol–water partition coefficient (Wildman–Crippen LogP) is 2.30. The van der Waals surface area contributed by atoms with Crippen molar-refractivity contribution in [2.24, 2.45) is 12.5 Å². The highest BCUT2D eigenvalue weighted by Crippen LogP contribution is 2.27. The van der Waals surface area contributed by atoms with E-state index in [9.17, 15) is 0 Å². The molecule has 0 atom stereocenters. The van der Waals surface area contributed by atoms with E-state index in [0.717, 1.165) is 36.3 Å². The van der Waals surface area contributed by atoms with Crippen molar-refractivity contribution in [1.82, 2.24) is 15.1 Å². The summed E-state index contributed by atoms with van der Waals surface area (Å²) in [6.45, 7) is 9.17. The molecular weight excluding hydrogens is 294 g/mol. The second-order valence-electron chi connectivity index (χ2n) is 5.48. The molecule has 4 nitrogen and oxygen atoms in total. The fraction of sp³-hybridized carbons (Fsp3) is 0.769. The van der Waals surface area contributed by atoms with Crippen LogP contribution in [0.4, 0.5) is 0 Å². The Hall–Kier alpha value is -0.390. The average molecular weight is 318 g/mol. The van der Waals surface area contributed by atoms with Gasteiger partial charge in [0.1, 0.15) is 0 Å². The van der Waals surface area contributed by atoms with E-state index in [0.29, 0.717) is 0 Å². The first-order valence-corrected chi connectivity index (χ1v) is 7.04. The van der Waals surface area contributed by atoms with Crippen LogP contribution in [0, 0.1) is 12.3 Å². The summed E-state index contributed by atoms with van der Waals surface area (Å²) in [6, 6.07) is 0. The Kier molecular flexibility index (Phi) is 5.82. The van der Waals surface area contributed by atoms with Crippen LogP contribution in [0.15, 0.2) is 4.47 Å². The Bertz CT molecular complexity index is 388. The number of hydrogen-bond acceptors (Lipinski definition) is 3. The Balaban J connectivity index is 2.58. The summed E-state index contributed by atoms with van der Waals surface area (Å²) in [7, 11) is 3.73. The average Bonchev–Trinajstić information content (AvgIpc) is 2.51. The molecule has 0 saturated heterocycles. The Morgan fingerprint density at radius 3 is 2.61 bits per heavy atom. The van der Waals surface area contributed by atoms with Gasteiger partial charge in [-0.2, -0.15) is 5.10 Å². The van der Waals surface area contributed by atoms with Gasteiger partial charge in [-0.15, -0.1) is 0 Å². The van der Waals surface area contributed by atoms with Gasteiger partial charge in [0.2, 0.25) is 0 Å². The maximum atomic E-state index is 5.03. The molecular formula is C13H24BrN3O. The van der Waals surface area contributed by atoms with Gasteiger partial charge in [0.15, 0.2) is 0 Å². The van der Waals surface area contributed by atoms with E-state index < -0.39 is 0 Å². The molecule has 0 saturated carbocycles. The lowest BCUT2D eigenvalue weighted by Gasteiger charge is -2.25. The minimum Gasteiger partial charge on any atom is -0.383 e. The number of hydrogen-bond donors (Lipinski definition) is 1. The summed E-state index contributed by atoms with van der Waals surface area (Å²) in [5, 5.41) is 7.86. The van der Waals surface area contributed by atoms with Crippen LogP contribution >= 0.6 is 15.9 Å². The molecule has 0 spiro atoms. The standard InChI is InChI=1S/C13H24BrN3O/c1-10-12(14)11(17(4)16-10)8-13(2,3)9-15-6-7-18-5/h15H,6-9H2,1-5H3. The number of methoxy groups -OCH3 is 1. The van der Waals surface area contributed by atoms with Crippen LogP contribution in [0.3, 0.4) is 0 Å². The minimum atomic E-state index is 0.191. The Morgan fingerprint density at radius 1 is 1.44 bits per heavy atom. The van der Waals surface area contributed by atoms with Crippen LogP contribution in [0.2, 0.25) is 0 Å². The van der Waals surface area contributed by atoms with Crippen LogP contribution in [-0.2, 0) is 18.2 Å². The van der Waals surface area contributed by atoms with E-state index in [1.165, 1.54) is 5.69 Å². The molecule has 5 heteroatoms. The Labute approximate surface area is 118 Å². The molecule has 0 aromatic carbocycles. The maximum Gasteiger partial charge on any atom is 0.0738 e. The lowest BCUT2D eigenvalue weighted by atomic mass is 9.87. The molecule has 0 aliphatic carbocycles. The van der Waals surface area contributed by atoms with E-state index in [2.05, 4.69) is 40.2 Å². The summed E-state index contributed by atoms with van der Waals surface area (Å²) in [4.78, 5) is 0. The number of rotatable bonds is 7. The van der Waals surface area contributed by atoms with Crippen molar-refractivity contribution in [2.75, 3.05) is 26.8 Å². The van der Waals surface area contributed by atoms with Crippen LogP contribution in [0.25, 0.3) is 0 Å². The van der Waals surface area contributed by atoms with Gasteiger partial charge in [-0.25, -0.2) is 0 Å². The summed E-state index contributed by atoms with van der Waals surface area (Å²) >= 11 is 3.62. The molecule has 0 unspecified atom stereocenters. The minimum absolute atomic E-state index is 0.191. The van der Waals surface area contributed by atoms with Crippen molar-refractivity contribution < 1.29 is 4.74 Å². The van der Waals surface area contributed by atoms with Gasteiger partial charge in [-0.05, 0) is 34.7 Å². The highest BCUT2D eigenvalue weighted by atomic mass is 79.9. The van der Waals surface area contributed by atoms with Gasteiger partial charge in [0, 0.05) is 27.2 Å². The van der Waals surface area contributed by atoms with Crippen LogP contribution in [-0.4, -0.2) is 36.6 Å². The molecule has 0 bridgehead atoms. The van der Waals surface area contributed by atoms with Gasteiger partial charge < -0.3 is 10.1 Å². The second-order valence-corrected chi connectivity index (χ2v) is 6.27. The number of aromatic nitrogens is 2. The monoisotopic (exact) mass is 317 g/mol. The van der Waals surface area contributed by atoms with E-state index in [1.807, 2.05) is 18.7 Å². The fourth-order valence-corrected chi connectivity index (χ4v) is 2.47. The second kappa shape index (κ2) is 6.68. The van der Waals surface area contributed by atoms with Gasteiger partial charge in [-0.1, -0.05) is 13.8 Å². The molecule has 1 aromatic rings. The fourth-order valence-electron chi connectivity index (χ4n) is 1.99. The molecule has 0 fully saturated rings. The van der Waals surface area contributed by atoms with Gasteiger partial charge in [-0.3, -0.25) is 4.68 Å². The van der Waals surface area contributed by atoms with Crippen molar-refractivity contribution in [3.8, 4) is 0 Å². The van der Waals surface area contributed by atoms with Crippen molar-refractivity contribution in [2.45, 2.75) is 27.2 Å². The molecule has 104 valence electrons. The largest absolute Gasteiger partial charge is 0.383 e. The van der Waals surface area contributed by atoms with Gasteiger partial charge >= 0.3 is 0 Å². The molecule has 1 N–H and O–H groups in total. The molecule has 0 aliphatic rings. The van der Waals surface area contributed by atoms with Crippen LogP contribution in [0.5, 0.6) is 0 Å². The quantitative estimate of drug-likeness (QED) is 0.784. The predicted molar refractivity (Wildman–Crippen MR) is 77.9 cm³/mol. The zero-order chi connectivity index (χ0) is 13.8. The number of ether oxygens (including phenoxy) is 1. The zero-order valence-corrected chi connectivity index (χ0v) is 13.6. The lowest BCUT2D eigenvalue weighted by molar-refractivity contribution is 0.193. The Morgan fingerprint density at radius 2 is 2.11 bits per heavy atom. The number of halogens is 1. The third-order valence-electron chi connectivity index (χ3n) is 2.99. The molecule has 0 radical (unpaired) electrons. The SMILES string of the molecule is COCCNCC(C)(C)Cc1c(Br)c(C)nn1C. The normalized spacial score (nSPS) is 12.1. The number of nitrogens with zero attached hydrogens (tertiary/aromatic N) is 2. The van der Waals surface area contributed by atoms with Crippen molar-refractivity contribution in [3.63, 3.8) is 0 Å². The highest BCUT2D eigenvalue weighted by molar-refractivity contribution is 9.10. The molecule has 1 heterocycles. The third-order valence-corrected chi connectivity index (χ3v) is 4.03. The smallest absolute Gasteiger partial charge is 0.0738 e. The topological polar surface area (TPSA) is 39.1 Å². The summed E-state index contributed by atoms with van der Waals surface area (Å²) in [6.07, 6.45) is 0.991. The highest BCUT2D eigenvalue weighted by Gasteiger charge is 2.22.